The summed E-state index contributed by atoms with van der Waals surface area (Å²) < 4.78 is 45.9. The van der Waals surface area contributed by atoms with Crippen molar-refractivity contribution < 1.29 is 17.9 Å². The van der Waals surface area contributed by atoms with Crippen molar-refractivity contribution in [2.24, 2.45) is 0 Å². The van der Waals surface area contributed by atoms with E-state index in [1.807, 2.05) is 29.4 Å². The van der Waals surface area contributed by atoms with Crippen LogP contribution in [0.2, 0.25) is 0 Å². The van der Waals surface area contributed by atoms with Crippen molar-refractivity contribution in [2.75, 3.05) is 17.5 Å². The van der Waals surface area contributed by atoms with Crippen molar-refractivity contribution in [3.8, 4) is 5.75 Å². The van der Waals surface area contributed by atoms with Crippen molar-refractivity contribution in [2.45, 2.75) is 18.0 Å². The molecule has 1 aliphatic heterocycles. The molecule has 2 aromatic carbocycles. The summed E-state index contributed by atoms with van der Waals surface area (Å²) in [7, 11) is 0. The molecule has 0 saturated carbocycles. The first kappa shape index (κ1) is 15.1. The fraction of sp³-hybridized carbons (Fsp3) is 0.250. The second kappa shape index (κ2) is 5.76. The second-order valence-corrected chi connectivity index (χ2v) is 6.13. The molecule has 0 fully saturated rings. The number of ether oxygens (including phenoxy) is 1. The largest absolute Gasteiger partial charge is 0.489 e. The second-order valence-electron chi connectivity index (χ2n) is 5.04. The van der Waals surface area contributed by atoms with Gasteiger partial charge in [0.2, 0.25) is 0 Å². The van der Waals surface area contributed by atoms with Gasteiger partial charge in [-0.25, -0.2) is 0 Å². The molecule has 1 aliphatic rings. The molecule has 116 valence electrons. The van der Waals surface area contributed by atoms with Crippen molar-refractivity contribution in [1.82, 2.24) is 0 Å². The Hall–Kier alpha value is -1.82. The summed E-state index contributed by atoms with van der Waals surface area (Å²) in [5, 5.41) is 0. The third-order valence-electron chi connectivity index (χ3n) is 3.31. The average Bonchev–Trinajstić information content (AvgIpc) is 2.47. The van der Waals surface area contributed by atoms with Crippen molar-refractivity contribution in [1.29, 1.82) is 0 Å². The van der Waals surface area contributed by atoms with Crippen molar-refractivity contribution in [3.63, 3.8) is 0 Å². The maximum Gasteiger partial charge on any atom is 0.416 e. The van der Waals surface area contributed by atoms with E-state index in [4.69, 9.17) is 4.74 Å². The van der Waals surface area contributed by atoms with Crippen LogP contribution in [0.25, 0.3) is 0 Å². The zero-order chi connectivity index (χ0) is 15.7. The lowest BCUT2D eigenvalue weighted by molar-refractivity contribution is -0.137. The maximum absolute atomic E-state index is 12.8. The summed E-state index contributed by atoms with van der Waals surface area (Å²) in [4.78, 5) is 0.559. The third-order valence-corrected chi connectivity index (χ3v) is 4.38. The number of aryl methyl sites for hydroxylation is 1. The van der Waals surface area contributed by atoms with E-state index in [0.29, 0.717) is 18.0 Å². The smallest absolute Gasteiger partial charge is 0.416 e. The van der Waals surface area contributed by atoms with Crippen LogP contribution in [0.4, 0.5) is 18.9 Å². The van der Waals surface area contributed by atoms with E-state index in [1.165, 1.54) is 24.1 Å². The first-order chi connectivity index (χ1) is 10.4. The summed E-state index contributed by atoms with van der Waals surface area (Å²) in [5.74, 6) is 0.760. The van der Waals surface area contributed by atoms with Crippen LogP contribution in [0.5, 0.6) is 5.75 Å². The Balaban J connectivity index is 1.88. The topological polar surface area (TPSA) is 12.5 Å². The summed E-state index contributed by atoms with van der Waals surface area (Å²) in [6, 6.07) is 11.2. The Kier molecular flexibility index (Phi) is 3.95. The number of alkyl halides is 3. The molecule has 2 nitrogen and oxygen atoms in total. The van der Waals surface area contributed by atoms with Crippen LogP contribution in [0, 0.1) is 6.92 Å². The molecule has 0 spiro atoms. The van der Waals surface area contributed by atoms with Crippen molar-refractivity contribution in [3.05, 3.63) is 53.6 Å². The molecule has 3 rings (SSSR count). The summed E-state index contributed by atoms with van der Waals surface area (Å²) >= 11 is 1.30. The molecule has 0 aliphatic carbocycles. The van der Waals surface area contributed by atoms with Gasteiger partial charge >= 0.3 is 6.18 Å². The number of hydrogen-bond acceptors (Lipinski definition) is 3. The SMILES string of the molecule is Cc1ccc2c(c1)N(Sc1cccc(C(F)(F)F)c1)CCO2. The molecule has 0 saturated heterocycles. The highest BCUT2D eigenvalue weighted by Crippen LogP contribution is 2.40. The van der Waals surface area contributed by atoms with E-state index in [1.54, 1.807) is 6.07 Å². The lowest BCUT2D eigenvalue weighted by Gasteiger charge is -2.30. The van der Waals surface area contributed by atoms with Gasteiger partial charge in [0.1, 0.15) is 12.4 Å². The molecule has 2 aromatic rings. The first-order valence-electron chi connectivity index (χ1n) is 6.80. The fourth-order valence-corrected chi connectivity index (χ4v) is 3.24. The average molecular weight is 325 g/mol. The standard InChI is InChI=1S/C16H14F3NOS/c1-11-5-6-15-14(9-11)20(7-8-21-15)22-13-4-2-3-12(10-13)16(17,18)19/h2-6,9-10H,7-8H2,1H3. The van der Waals surface area contributed by atoms with E-state index < -0.39 is 11.7 Å². The van der Waals surface area contributed by atoms with Crippen molar-refractivity contribution >= 4 is 17.6 Å². The minimum absolute atomic E-state index is 0.516. The fourth-order valence-electron chi connectivity index (χ4n) is 2.25. The zero-order valence-electron chi connectivity index (χ0n) is 11.9. The molecule has 0 N–H and O–H groups in total. The van der Waals surface area contributed by atoms with E-state index in [9.17, 15) is 13.2 Å². The van der Waals surface area contributed by atoms with Gasteiger partial charge in [-0.15, -0.1) is 0 Å². The predicted octanol–water partition coefficient (Wildman–Crippen LogP) is 4.92. The molecule has 0 atom stereocenters. The van der Waals surface area contributed by atoms with Gasteiger partial charge in [0.05, 0.1) is 17.8 Å². The molecule has 0 amide bonds. The third kappa shape index (κ3) is 3.16. The monoisotopic (exact) mass is 325 g/mol. The molecule has 0 bridgehead atoms. The Morgan fingerprint density at radius 1 is 1.14 bits per heavy atom. The first-order valence-corrected chi connectivity index (χ1v) is 7.57. The van der Waals surface area contributed by atoms with Gasteiger partial charge in [0, 0.05) is 4.90 Å². The minimum Gasteiger partial charge on any atom is -0.489 e. The Bertz CT molecular complexity index is 687. The van der Waals surface area contributed by atoms with Crippen LogP contribution < -0.4 is 9.04 Å². The van der Waals surface area contributed by atoms with E-state index in [0.717, 1.165) is 23.1 Å². The molecule has 22 heavy (non-hydrogen) atoms. The summed E-state index contributed by atoms with van der Waals surface area (Å²) in [6.45, 7) is 3.11. The number of benzene rings is 2. The van der Waals surface area contributed by atoms with E-state index in [-0.39, 0.29) is 0 Å². The van der Waals surface area contributed by atoms with Crippen LogP contribution in [-0.2, 0) is 6.18 Å². The van der Waals surface area contributed by atoms with Gasteiger partial charge in [-0.2, -0.15) is 13.2 Å². The van der Waals surface area contributed by atoms with Gasteiger partial charge in [-0.05, 0) is 54.8 Å². The molecule has 0 radical (unpaired) electrons. The predicted molar refractivity (Wildman–Crippen MR) is 81.3 cm³/mol. The lowest BCUT2D eigenvalue weighted by atomic mass is 10.2. The zero-order valence-corrected chi connectivity index (χ0v) is 12.7. The number of rotatable bonds is 2. The highest BCUT2D eigenvalue weighted by atomic mass is 32.2. The van der Waals surface area contributed by atoms with Crippen LogP contribution in [0.3, 0.4) is 0 Å². The number of halogens is 3. The minimum atomic E-state index is -4.32. The van der Waals surface area contributed by atoms with Crippen LogP contribution in [0.15, 0.2) is 47.4 Å². The quantitative estimate of drug-likeness (QED) is 0.727. The normalized spacial score (nSPS) is 14.5. The van der Waals surface area contributed by atoms with Gasteiger partial charge < -0.3 is 9.04 Å². The number of hydrogen-bond donors (Lipinski definition) is 0. The summed E-state index contributed by atoms with van der Waals surface area (Å²) in [6.07, 6.45) is -4.32. The molecular formula is C16H14F3NOS. The van der Waals surface area contributed by atoms with Gasteiger partial charge in [0.15, 0.2) is 0 Å². The highest BCUT2D eigenvalue weighted by molar-refractivity contribution is 8.00. The Morgan fingerprint density at radius 3 is 2.73 bits per heavy atom. The molecule has 0 unspecified atom stereocenters. The van der Waals surface area contributed by atoms with Gasteiger partial charge in [-0.3, -0.25) is 0 Å². The molecular weight excluding hydrogens is 311 g/mol. The Morgan fingerprint density at radius 2 is 1.95 bits per heavy atom. The van der Waals surface area contributed by atoms with E-state index >= 15 is 0 Å². The number of anilines is 1. The van der Waals surface area contributed by atoms with Crippen LogP contribution in [0.1, 0.15) is 11.1 Å². The summed E-state index contributed by atoms with van der Waals surface area (Å²) in [5.41, 5.74) is 1.35. The maximum atomic E-state index is 12.8. The van der Waals surface area contributed by atoms with Gasteiger partial charge in [0.25, 0.3) is 0 Å². The number of fused-ring (bicyclic) bond motifs is 1. The number of nitrogens with zero attached hydrogens (tertiary/aromatic N) is 1. The molecule has 0 aromatic heterocycles. The Labute approximate surface area is 131 Å². The molecule has 1 heterocycles. The van der Waals surface area contributed by atoms with E-state index in [2.05, 4.69) is 0 Å². The molecule has 6 heteroatoms. The van der Waals surface area contributed by atoms with Crippen LogP contribution >= 0.6 is 11.9 Å². The van der Waals surface area contributed by atoms with Crippen LogP contribution in [-0.4, -0.2) is 13.2 Å². The lowest BCUT2D eigenvalue weighted by Crippen LogP contribution is -2.26. The highest BCUT2D eigenvalue weighted by Gasteiger charge is 2.30. The van der Waals surface area contributed by atoms with Gasteiger partial charge in [-0.1, -0.05) is 12.1 Å².